The van der Waals surface area contributed by atoms with Crippen LogP contribution < -0.4 is 15.0 Å². The molecule has 0 radical (unpaired) electrons. The maximum absolute atomic E-state index is 12.3. The van der Waals surface area contributed by atoms with Crippen LogP contribution >= 0.6 is 11.3 Å². The molecule has 2 rings (SSSR count). The lowest BCUT2D eigenvalue weighted by molar-refractivity contribution is 0.193. The van der Waals surface area contributed by atoms with Gasteiger partial charge in [0.05, 0.1) is 10.8 Å². The van der Waals surface area contributed by atoms with Gasteiger partial charge in [0.15, 0.2) is 8.32 Å². The van der Waals surface area contributed by atoms with Gasteiger partial charge >= 0.3 is 4.87 Å². The van der Waals surface area contributed by atoms with E-state index in [1.54, 1.807) is 0 Å². The minimum Gasteiger partial charge on any atom is -0.542 e. The highest BCUT2D eigenvalue weighted by atomic mass is 32.1. The first-order valence-electron chi connectivity index (χ1n) is 10.2. The van der Waals surface area contributed by atoms with E-state index in [1.807, 2.05) is 12.1 Å². The molecule has 0 amide bonds. The summed E-state index contributed by atoms with van der Waals surface area (Å²) in [5, 5.41) is 0.149. The smallest absolute Gasteiger partial charge is 0.305 e. The van der Waals surface area contributed by atoms with Gasteiger partial charge in [-0.1, -0.05) is 58.9 Å². The summed E-state index contributed by atoms with van der Waals surface area (Å²) in [6, 6.07) is 4.00. The SMILES string of the molecule is CC(C)(C)[Si](C)(C)Oc1ccc(C(CN)O[Si](C)(C)C(C)(C)C)c2sc(=O)[nH]c12. The average Bonchev–Trinajstić information content (AvgIpc) is 2.92. The fraction of sp³-hybridized carbons (Fsp3) is 0.667. The molecule has 29 heavy (non-hydrogen) atoms. The summed E-state index contributed by atoms with van der Waals surface area (Å²) in [4.78, 5) is 15.2. The highest BCUT2D eigenvalue weighted by Gasteiger charge is 2.41. The highest BCUT2D eigenvalue weighted by Crippen LogP contribution is 2.43. The van der Waals surface area contributed by atoms with Crippen LogP contribution in [0.3, 0.4) is 0 Å². The maximum atomic E-state index is 12.3. The standard InChI is InChI=1S/C21H38N2O3SSi2/c1-20(2,3)28(7,8)25-15-12-11-14(18-17(15)23-19(24)27-18)16(13-22)26-29(9,10)21(4,5)6/h11-12,16H,13,22H2,1-10H3,(H,23,24). The van der Waals surface area contributed by atoms with E-state index in [2.05, 4.69) is 72.7 Å². The number of H-pyrrole nitrogens is 1. The average molecular weight is 455 g/mol. The number of nitrogens with one attached hydrogen (secondary N) is 1. The molecular formula is C21H38N2O3SSi2. The van der Waals surface area contributed by atoms with Gasteiger partial charge in [-0.2, -0.15) is 0 Å². The number of hydrogen-bond acceptors (Lipinski definition) is 5. The summed E-state index contributed by atoms with van der Waals surface area (Å²) in [7, 11) is -4.05. The van der Waals surface area contributed by atoms with Gasteiger partial charge in [0.1, 0.15) is 11.3 Å². The van der Waals surface area contributed by atoms with E-state index in [9.17, 15) is 4.79 Å². The van der Waals surface area contributed by atoms with Crippen molar-refractivity contribution in [2.75, 3.05) is 6.54 Å². The van der Waals surface area contributed by atoms with Crippen LogP contribution in [0.15, 0.2) is 16.9 Å². The van der Waals surface area contributed by atoms with Crippen LogP contribution in [0, 0.1) is 0 Å². The zero-order valence-corrected chi connectivity index (χ0v) is 22.5. The summed E-state index contributed by atoms with van der Waals surface area (Å²) >= 11 is 1.21. The molecule has 0 aliphatic carbocycles. The Labute approximate surface area is 181 Å². The predicted octanol–water partition coefficient (Wildman–Crippen LogP) is 6.00. The molecule has 1 atom stereocenters. The third kappa shape index (κ3) is 5.04. The Morgan fingerprint density at radius 2 is 1.59 bits per heavy atom. The Morgan fingerprint density at radius 1 is 1.03 bits per heavy atom. The summed E-state index contributed by atoms with van der Waals surface area (Å²) in [6.45, 7) is 22.5. The first-order chi connectivity index (χ1) is 13.0. The number of thiazole rings is 1. The van der Waals surface area contributed by atoms with Crippen molar-refractivity contribution in [3.8, 4) is 5.75 Å². The molecule has 0 aliphatic heterocycles. The highest BCUT2D eigenvalue weighted by molar-refractivity contribution is 7.16. The van der Waals surface area contributed by atoms with E-state index in [0.29, 0.717) is 6.54 Å². The summed E-state index contributed by atoms with van der Waals surface area (Å²) in [6.07, 6.45) is -0.244. The number of aromatic amines is 1. The number of rotatable bonds is 6. The zero-order valence-electron chi connectivity index (χ0n) is 19.6. The fourth-order valence-corrected chi connectivity index (χ4v) is 5.79. The molecule has 1 heterocycles. The summed E-state index contributed by atoms with van der Waals surface area (Å²) in [5.74, 6) is 0.747. The molecule has 0 aliphatic rings. The Bertz CT molecular complexity index is 921. The lowest BCUT2D eigenvalue weighted by Crippen LogP contribution is -2.44. The van der Waals surface area contributed by atoms with Crippen molar-refractivity contribution in [1.29, 1.82) is 0 Å². The van der Waals surface area contributed by atoms with Crippen molar-refractivity contribution in [3.05, 3.63) is 27.4 Å². The molecule has 1 unspecified atom stereocenters. The number of hydrogen-bond donors (Lipinski definition) is 2. The maximum Gasteiger partial charge on any atom is 0.305 e. The lowest BCUT2D eigenvalue weighted by atomic mass is 10.1. The third-order valence-electron chi connectivity index (χ3n) is 6.55. The second-order valence-electron chi connectivity index (χ2n) is 10.8. The fourth-order valence-electron chi connectivity index (χ4n) is 2.57. The number of aromatic nitrogens is 1. The molecule has 164 valence electrons. The Kier molecular flexibility index (Phi) is 6.68. The van der Waals surface area contributed by atoms with Crippen LogP contribution in [-0.2, 0) is 4.43 Å². The van der Waals surface area contributed by atoms with Gasteiger partial charge in [-0.15, -0.1) is 0 Å². The van der Waals surface area contributed by atoms with Crippen molar-refractivity contribution in [2.24, 2.45) is 5.73 Å². The van der Waals surface area contributed by atoms with Crippen molar-refractivity contribution in [2.45, 2.75) is 83.9 Å². The Hall–Kier alpha value is -0.936. The zero-order chi connectivity index (χ0) is 22.4. The summed E-state index contributed by atoms with van der Waals surface area (Å²) in [5.41, 5.74) is 7.87. The number of fused-ring (bicyclic) bond motifs is 1. The molecule has 0 spiro atoms. The van der Waals surface area contributed by atoms with Gasteiger partial charge < -0.3 is 19.6 Å². The quantitative estimate of drug-likeness (QED) is 0.525. The predicted molar refractivity (Wildman–Crippen MR) is 130 cm³/mol. The number of nitrogens with two attached hydrogens (primary N) is 1. The molecule has 0 bridgehead atoms. The van der Waals surface area contributed by atoms with Gasteiger partial charge in [-0.05, 0) is 42.3 Å². The van der Waals surface area contributed by atoms with Crippen molar-refractivity contribution < 1.29 is 8.85 Å². The van der Waals surface area contributed by atoms with Crippen LogP contribution in [-0.4, -0.2) is 28.2 Å². The molecule has 0 saturated carbocycles. The van der Waals surface area contributed by atoms with E-state index >= 15 is 0 Å². The van der Waals surface area contributed by atoms with Gasteiger partial charge in [-0.3, -0.25) is 4.79 Å². The van der Waals surface area contributed by atoms with Crippen molar-refractivity contribution in [1.82, 2.24) is 4.98 Å². The minimum absolute atomic E-state index is 0.0690. The topological polar surface area (TPSA) is 77.3 Å². The number of benzene rings is 1. The largest absolute Gasteiger partial charge is 0.542 e. The van der Waals surface area contributed by atoms with E-state index in [-0.39, 0.29) is 21.1 Å². The Balaban J connectivity index is 2.54. The first-order valence-corrected chi connectivity index (χ1v) is 16.9. The van der Waals surface area contributed by atoms with Gasteiger partial charge in [0, 0.05) is 12.1 Å². The third-order valence-corrected chi connectivity index (χ3v) is 16.3. The minimum atomic E-state index is -2.04. The van der Waals surface area contributed by atoms with E-state index in [0.717, 1.165) is 21.5 Å². The van der Waals surface area contributed by atoms with E-state index in [1.165, 1.54) is 11.3 Å². The first kappa shape index (κ1) is 24.3. The van der Waals surface area contributed by atoms with Gasteiger partial charge in [-0.25, -0.2) is 0 Å². The molecule has 2 aromatic rings. The normalized spacial score (nSPS) is 15.0. The second kappa shape index (κ2) is 7.96. The molecule has 3 N–H and O–H groups in total. The van der Waals surface area contributed by atoms with Crippen LogP contribution in [0.25, 0.3) is 10.2 Å². The van der Waals surface area contributed by atoms with Crippen LogP contribution in [0.1, 0.15) is 53.2 Å². The van der Waals surface area contributed by atoms with Crippen molar-refractivity contribution >= 4 is 38.2 Å². The summed E-state index contributed by atoms with van der Waals surface area (Å²) < 4.78 is 14.0. The molecule has 1 aromatic heterocycles. The van der Waals surface area contributed by atoms with Gasteiger partial charge in [0.25, 0.3) is 8.32 Å². The second-order valence-corrected chi connectivity index (χ2v) is 21.3. The molecule has 0 fully saturated rings. The van der Waals surface area contributed by atoms with Crippen LogP contribution in [0.2, 0.25) is 36.3 Å². The molecule has 1 aromatic carbocycles. The van der Waals surface area contributed by atoms with Gasteiger partial charge in [0.2, 0.25) is 0 Å². The van der Waals surface area contributed by atoms with Crippen molar-refractivity contribution in [3.63, 3.8) is 0 Å². The Morgan fingerprint density at radius 3 is 2.07 bits per heavy atom. The molecular weight excluding hydrogens is 416 g/mol. The van der Waals surface area contributed by atoms with E-state index in [4.69, 9.17) is 14.6 Å². The monoisotopic (exact) mass is 454 g/mol. The lowest BCUT2D eigenvalue weighted by Gasteiger charge is -2.39. The molecule has 8 heteroatoms. The molecule has 0 saturated heterocycles. The van der Waals surface area contributed by atoms with E-state index < -0.39 is 16.6 Å². The van der Waals surface area contributed by atoms with Crippen LogP contribution in [0.4, 0.5) is 0 Å². The molecule has 5 nitrogen and oxygen atoms in total. The van der Waals surface area contributed by atoms with Crippen LogP contribution in [0.5, 0.6) is 5.75 Å².